The van der Waals surface area contributed by atoms with E-state index in [9.17, 15) is 14.0 Å². The number of hydrogen-bond donors (Lipinski definition) is 1. The van der Waals surface area contributed by atoms with Crippen LogP contribution in [0, 0.1) is 5.82 Å². The van der Waals surface area contributed by atoms with Gasteiger partial charge in [-0.15, -0.1) is 0 Å². The smallest absolute Gasteiger partial charge is 0.291 e. The van der Waals surface area contributed by atoms with Gasteiger partial charge in [-0.1, -0.05) is 12.1 Å². The summed E-state index contributed by atoms with van der Waals surface area (Å²) in [6.45, 7) is 1.28. The molecule has 0 saturated carbocycles. The molecule has 1 aliphatic heterocycles. The highest BCUT2D eigenvalue weighted by Crippen LogP contribution is 2.24. The first-order chi connectivity index (χ1) is 14.1. The van der Waals surface area contributed by atoms with Gasteiger partial charge in [0.2, 0.25) is 0 Å². The molecule has 1 aromatic heterocycles. The van der Waals surface area contributed by atoms with Gasteiger partial charge in [0.1, 0.15) is 11.9 Å². The van der Waals surface area contributed by atoms with E-state index in [2.05, 4.69) is 5.32 Å². The minimum Gasteiger partial charge on any atom is -0.459 e. The average Bonchev–Trinajstić information content (AvgIpc) is 3.30. The summed E-state index contributed by atoms with van der Waals surface area (Å²) in [6, 6.07) is 16.0. The van der Waals surface area contributed by atoms with Crippen LogP contribution < -0.4 is 5.32 Å². The van der Waals surface area contributed by atoms with Gasteiger partial charge >= 0.3 is 0 Å². The molecule has 7 heteroatoms. The number of halogens is 1. The maximum absolute atomic E-state index is 13.1. The van der Waals surface area contributed by atoms with Crippen LogP contribution >= 0.6 is 0 Å². The second-order valence-electron chi connectivity index (χ2n) is 6.67. The van der Waals surface area contributed by atoms with Crippen molar-refractivity contribution in [3.8, 4) is 0 Å². The van der Waals surface area contributed by atoms with Crippen molar-refractivity contribution in [1.82, 2.24) is 4.90 Å². The molecular formula is C22H19FN2O4. The molecule has 0 spiro atoms. The Morgan fingerprint density at radius 1 is 1.03 bits per heavy atom. The van der Waals surface area contributed by atoms with E-state index < -0.39 is 0 Å². The molecule has 148 valence electrons. The number of nitrogens with one attached hydrogen (secondary N) is 1. The van der Waals surface area contributed by atoms with E-state index in [0.717, 1.165) is 5.56 Å². The first-order valence-corrected chi connectivity index (χ1v) is 9.21. The summed E-state index contributed by atoms with van der Waals surface area (Å²) in [7, 11) is 0. The molecule has 1 aliphatic rings. The van der Waals surface area contributed by atoms with E-state index >= 15 is 0 Å². The molecule has 1 N–H and O–H groups in total. The predicted molar refractivity (Wildman–Crippen MR) is 104 cm³/mol. The van der Waals surface area contributed by atoms with Crippen LogP contribution in [0.3, 0.4) is 0 Å². The minimum absolute atomic E-state index is 0.121. The molecule has 29 heavy (non-hydrogen) atoms. The number of anilines is 1. The van der Waals surface area contributed by atoms with Gasteiger partial charge in [0, 0.05) is 17.8 Å². The van der Waals surface area contributed by atoms with Gasteiger partial charge in [0.15, 0.2) is 5.76 Å². The van der Waals surface area contributed by atoms with Crippen LogP contribution in [-0.2, 0) is 4.74 Å². The fraction of sp³-hybridized carbons (Fsp3) is 0.182. The number of benzene rings is 2. The zero-order valence-electron chi connectivity index (χ0n) is 15.5. The lowest BCUT2D eigenvalue weighted by Crippen LogP contribution is -2.42. The van der Waals surface area contributed by atoms with Gasteiger partial charge < -0.3 is 19.4 Å². The maximum Gasteiger partial charge on any atom is 0.291 e. The molecule has 4 rings (SSSR count). The van der Waals surface area contributed by atoms with Gasteiger partial charge in [0.05, 0.1) is 19.4 Å². The Morgan fingerprint density at radius 3 is 2.48 bits per heavy atom. The second kappa shape index (κ2) is 8.28. The number of rotatable bonds is 4. The zero-order chi connectivity index (χ0) is 20.2. The number of carbonyl (C=O) groups excluding carboxylic acids is 2. The molecule has 1 fully saturated rings. The molecule has 2 amide bonds. The lowest BCUT2D eigenvalue weighted by molar-refractivity contribution is -0.0228. The van der Waals surface area contributed by atoms with Crippen LogP contribution in [-0.4, -0.2) is 36.4 Å². The highest BCUT2D eigenvalue weighted by Gasteiger charge is 2.26. The first kappa shape index (κ1) is 18.9. The zero-order valence-corrected chi connectivity index (χ0v) is 15.5. The molecule has 2 heterocycles. The van der Waals surface area contributed by atoms with E-state index in [0.29, 0.717) is 30.9 Å². The summed E-state index contributed by atoms with van der Waals surface area (Å²) in [5.74, 6) is -0.573. The highest BCUT2D eigenvalue weighted by atomic mass is 19.1. The van der Waals surface area contributed by atoms with Crippen LogP contribution in [0.4, 0.5) is 10.1 Å². The monoisotopic (exact) mass is 394 g/mol. The third-order valence-electron chi connectivity index (χ3n) is 4.73. The quantitative estimate of drug-likeness (QED) is 0.729. The third-order valence-corrected chi connectivity index (χ3v) is 4.73. The van der Waals surface area contributed by atoms with Crippen LogP contribution in [0.15, 0.2) is 71.3 Å². The fourth-order valence-corrected chi connectivity index (χ4v) is 3.19. The van der Waals surface area contributed by atoms with Crippen LogP contribution in [0.25, 0.3) is 0 Å². The van der Waals surface area contributed by atoms with Crippen molar-refractivity contribution >= 4 is 17.5 Å². The number of hydrogen-bond acceptors (Lipinski definition) is 4. The van der Waals surface area contributed by atoms with E-state index in [1.165, 1.54) is 18.4 Å². The Balaban J connectivity index is 1.41. The third kappa shape index (κ3) is 4.35. The molecule has 0 radical (unpaired) electrons. The second-order valence-corrected chi connectivity index (χ2v) is 6.67. The van der Waals surface area contributed by atoms with Crippen molar-refractivity contribution in [2.75, 3.05) is 25.0 Å². The molecule has 1 saturated heterocycles. The molecular weight excluding hydrogens is 375 g/mol. The normalized spacial score (nSPS) is 16.4. The van der Waals surface area contributed by atoms with Crippen molar-refractivity contribution in [1.29, 1.82) is 0 Å². The summed E-state index contributed by atoms with van der Waals surface area (Å²) in [5, 5.41) is 2.71. The number of nitrogens with zero attached hydrogens (tertiary/aromatic N) is 1. The first-order valence-electron chi connectivity index (χ1n) is 9.21. The summed E-state index contributed by atoms with van der Waals surface area (Å²) in [5.41, 5.74) is 1.91. The lowest BCUT2D eigenvalue weighted by Gasteiger charge is -2.33. The summed E-state index contributed by atoms with van der Waals surface area (Å²) in [6.07, 6.45) is 1.14. The number of morpholine rings is 1. The minimum atomic E-state index is -0.357. The number of amides is 2. The Morgan fingerprint density at radius 2 is 1.79 bits per heavy atom. The molecule has 0 bridgehead atoms. The van der Waals surface area contributed by atoms with Gasteiger partial charge in [-0.25, -0.2) is 4.39 Å². The Bertz CT molecular complexity index is 985. The average molecular weight is 394 g/mol. The topological polar surface area (TPSA) is 71.8 Å². The summed E-state index contributed by atoms with van der Waals surface area (Å²) in [4.78, 5) is 26.6. The van der Waals surface area contributed by atoms with Crippen molar-refractivity contribution in [2.45, 2.75) is 6.10 Å². The Kier molecular flexibility index (Phi) is 5.39. The molecule has 1 unspecified atom stereocenters. The lowest BCUT2D eigenvalue weighted by atomic mass is 10.1. The van der Waals surface area contributed by atoms with Crippen molar-refractivity contribution in [2.24, 2.45) is 0 Å². The van der Waals surface area contributed by atoms with E-state index in [-0.39, 0.29) is 29.5 Å². The Hall–Kier alpha value is -3.45. The maximum atomic E-state index is 13.1. The fourth-order valence-electron chi connectivity index (χ4n) is 3.19. The molecule has 6 nitrogen and oxygen atoms in total. The summed E-state index contributed by atoms with van der Waals surface area (Å²) >= 11 is 0. The largest absolute Gasteiger partial charge is 0.459 e. The molecule has 2 aromatic carbocycles. The molecule has 1 atom stereocenters. The van der Waals surface area contributed by atoms with Gasteiger partial charge in [-0.05, 0) is 54.1 Å². The predicted octanol–water partition coefficient (Wildman–Crippen LogP) is 3.88. The summed E-state index contributed by atoms with van der Waals surface area (Å²) < 4.78 is 23.9. The van der Waals surface area contributed by atoms with Crippen LogP contribution in [0.1, 0.15) is 32.6 Å². The van der Waals surface area contributed by atoms with Gasteiger partial charge in [0.25, 0.3) is 11.8 Å². The highest BCUT2D eigenvalue weighted by molar-refractivity contribution is 6.02. The standard InChI is InChI=1S/C22H19FN2O4/c23-17-7-3-15(4-8-17)20-14-25(11-13-29-20)22(27)16-5-9-18(10-6-16)24-21(26)19-2-1-12-28-19/h1-10,12,20H,11,13-14H2,(H,24,26). The van der Waals surface area contributed by atoms with Crippen LogP contribution in [0.5, 0.6) is 0 Å². The van der Waals surface area contributed by atoms with Gasteiger partial charge in [-0.2, -0.15) is 0 Å². The van der Waals surface area contributed by atoms with Crippen molar-refractivity contribution in [3.05, 3.63) is 89.6 Å². The van der Waals surface area contributed by atoms with E-state index in [1.54, 1.807) is 53.4 Å². The molecule has 0 aliphatic carbocycles. The number of carbonyl (C=O) groups is 2. The Labute approximate surface area is 166 Å². The number of ether oxygens (including phenoxy) is 1. The number of furan rings is 1. The SMILES string of the molecule is O=C(Nc1ccc(C(=O)N2CCOC(c3ccc(F)cc3)C2)cc1)c1ccco1. The van der Waals surface area contributed by atoms with E-state index in [4.69, 9.17) is 9.15 Å². The van der Waals surface area contributed by atoms with E-state index in [1.807, 2.05) is 0 Å². The van der Waals surface area contributed by atoms with Crippen molar-refractivity contribution in [3.63, 3.8) is 0 Å². The van der Waals surface area contributed by atoms with Crippen molar-refractivity contribution < 1.29 is 23.1 Å². The van der Waals surface area contributed by atoms with Gasteiger partial charge in [-0.3, -0.25) is 9.59 Å². The molecule has 3 aromatic rings. The van der Waals surface area contributed by atoms with Crippen LogP contribution in [0.2, 0.25) is 0 Å².